The van der Waals surface area contributed by atoms with Crippen LogP contribution in [0.25, 0.3) is 33.7 Å². The minimum absolute atomic E-state index is 0.191. The predicted molar refractivity (Wildman–Crippen MR) is 134 cm³/mol. The Morgan fingerprint density at radius 3 is 2.75 bits per heavy atom. The van der Waals surface area contributed by atoms with Crippen molar-refractivity contribution < 1.29 is 9.13 Å². The van der Waals surface area contributed by atoms with E-state index in [1.54, 1.807) is 37.1 Å². The third-order valence-electron chi connectivity index (χ3n) is 6.05. The fourth-order valence-electron chi connectivity index (χ4n) is 4.28. The molecule has 0 saturated carbocycles. The molecule has 0 radical (unpaired) electrons. The molecule has 0 unspecified atom stereocenters. The first kappa shape index (κ1) is 21.9. The lowest BCUT2D eigenvalue weighted by molar-refractivity contribution is 0.162. The number of ether oxygens (including phenoxy) is 1. The monoisotopic (exact) mass is 479 g/mol. The minimum atomic E-state index is -0.314. The molecule has 1 saturated heterocycles. The fourth-order valence-corrected chi connectivity index (χ4v) is 4.28. The number of imidazole rings is 1. The van der Waals surface area contributed by atoms with Gasteiger partial charge in [0.05, 0.1) is 35.2 Å². The van der Waals surface area contributed by atoms with Gasteiger partial charge in [-0.2, -0.15) is 5.10 Å². The second kappa shape index (κ2) is 9.60. The first-order chi connectivity index (χ1) is 17.7. The Hall–Kier alpha value is -4.55. The van der Waals surface area contributed by atoms with E-state index in [2.05, 4.69) is 42.3 Å². The molecule has 3 N–H and O–H groups in total. The van der Waals surface area contributed by atoms with E-state index in [1.807, 2.05) is 12.1 Å². The highest BCUT2D eigenvalue weighted by molar-refractivity contribution is 5.92. The van der Waals surface area contributed by atoms with E-state index < -0.39 is 0 Å². The highest BCUT2D eigenvalue weighted by Crippen LogP contribution is 2.29. The van der Waals surface area contributed by atoms with Crippen LogP contribution in [-0.2, 0) is 0 Å². The maximum absolute atomic E-state index is 13.8. The van der Waals surface area contributed by atoms with Crippen LogP contribution in [0.15, 0.2) is 61.3 Å². The zero-order chi connectivity index (χ0) is 24.3. The van der Waals surface area contributed by atoms with Crippen molar-refractivity contribution in [3.8, 4) is 40.2 Å². The molecule has 36 heavy (non-hydrogen) atoms. The summed E-state index contributed by atoms with van der Waals surface area (Å²) in [6.07, 6.45) is 10.6. The maximum Gasteiger partial charge on any atom is 0.157 e. The van der Waals surface area contributed by atoms with Crippen LogP contribution in [-0.4, -0.2) is 49.3 Å². The number of nitrogens with zero attached hydrogens (tertiary/aromatic N) is 4. The third-order valence-corrected chi connectivity index (χ3v) is 6.05. The van der Waals surface area contributed by atoms with Gasteiger partial charge in [0.2, 0.25) is 0 Å². The molecule has 1 fully saturated rings. The van der Waals surface area contributed by atoms with Crippen LogP contribution in [0.3, 0.4) is 0 Å². The van der Waals surface area contributed by atoms with Gasteiger partial charge in [0.15, 0.2) is 5.82 Å². The van der Waals surface area contributed by atoms with Crippen molar-refractivity contribution in [1.29, 1.82) is 0 Å². The van der Waals surface area contributed by atoms with E-state index in [0.717, 1.165) is 48.3 Å². The van der Waals surface area contributed by atoms with Crippen molar-refractivity contribution in [2.45, 2.75) is 18.9 Å². The molecule has 1 aromatic carbocycles. The van der Waals surface area contributed by atoms with E-state index in [-0.39, 0.29) is 11.9 Å². The Balaban J connectivity index is 1.29. The number of pyridine rings is 2. The van der Waals surface area contributed by atoms with Crippen molar-refractivity contribution in [2.24, 2.45) is 0 Å². The largest absolute Gasteiger partial charge is 0.489 e. The summed E-state index contributed by atoms with van der Waals surface area (Å²) in [5.74, 6) is 7.29. The molecule has 0 bridgehead atoms. The number of piperidine rings is 1. The predicted octanol–water partition coefficient (Wildman–Crippen LogP) is 4.08. The van der Waals surface area contributed by atoms with Gasteiger partial charge < -0.3 is 15.0 Å². The lowest BCUT2D eigenvalue weighted by Gasteiger charge is -2.23. The summed E-state index contributed by atoms with van der Waals surface area (Å²) in [6.45, 7) is 1.92. The number of fused-ring (bicyclic) bond motifs is 1. The first-order valence-corrected chi connectivity index (χ1v) is 11.7. The van der Waals surface area contributed by atoms with E-state index in [4.69, 9.17) is 9.72 Å². The highest BCUT2D eigenvalue weighted by Gasteiger charge is 2.16. The molecule has 4 aromatic heterocycles. The van der Waals surface area contributed by atoms with Gasteiger partial charge in [0.25, 0.3) is 0 Å². The number of aromatic amines is 2. The molecule has 0 amide bonds. The van der Waals surface area contributed by atoms with Gasteiger partial charge in [0.1, 0.15) is 23.4 Å². The average molecular weight is 480 g/mol. The van der Waals surface area contributed by atoms with Crippen LogP contribution in [0.4, 0.5) is 4.39 Å². The lowest BCUT2D eigenvalue weighted by atomic mass is 10.1. The topological polar surface area (TPSA) is 104 Å². The SMILES string of the molecule is Fc1cccc(-c2cncc3[nH]c(-c4[nH]ncc4C#Cc4cncc(OC5CCNCC5)c4)nc23)c1. The summed E-state index contributed by atoms with van der Waals surface area (Å²) in [5, 5.41) is 10.5. The Labute approximate surface area is 206 Å². The zero-order valence-corrected chi connectivity index (χ0v) is 19.3. The molecule has 0 spiro atoms. The number of aromatic nitrogens is 6. The zero-order valence-electron chi connectivity index (χ0n) is 19.3. The molecule has 5 heterocycles. The second-order valence-electron chi connectivity index (χ2n) is 8.56. The number of halogens is 1. The van der Waals surface area contributed by atoms with Crippen molar-refractivity contribution in [3.63, 3.8) is 0 Å². The van der Waals surface area contributed by atoms with Gasteiger partial charge in [-0.15, -0.1) is 0 Å². The van der Waals surface area contributed by atoms with Crippen LogP contribution in [0, 0.1) is 17.7 Å². The van der Waals surface area contributed by atoms with Crippen LogP contribution in [0.1, 0.15) is 24.0 Å². The fraction of sp³-hybridized carbons (Fsp3) is 0.185. The Kier molecular flexibility index (Phi) is 5.85. The molecule has 0 aliphatic carbocycles. The Bertz CT molecular complexity index is 1590. The van der Waals surface area contributed by atoms with Crippen molar-refractivity contribution in [2.75, 3.05) is 13.1 Å². The highest BCUT2D eigenvalue weighted by atomic mass is 19.1. The molecular weight excluding hydrogens is 457 g/mol. The van der Waals surface area contributed by atoms with Crippen LogP contribution in [0.5, 0.6) is 5.75 Å². The molecular formula is C27H22FN7O. The van der Waals surface area contributed by atoms with Gasteiger partial charge in [-0.3, -0.25) is 15.1 Å². The van der Waals surface area contributed by atoms with Crippen LogP contribution >= 0.6 is 0 Å². The van der Waals surface area contributed by atoms with Gasteiger partial charge in [-0.1, -0.05) is 24.0 Å². The molecule has 1 aliphatic heterocycles. The molecule has 1 aliphatic rings. The van der Waals surface area contributed by atoms with Crippen molar-refractivity contribution in [3.05, 3.63) is 78.3 Å². The summed E-state index contributed by atoms with van der Waals surface area (Å²) in [6, 6.07) is 8.28. The lowest BCUT2D eigenvalue weighted by Crippen LogP contribution is -2.34. The van der Waals surface area contributed by atoms with Crippen molar-refractivity contribution >= 4 is 11.0 Å². The number of rotatable bonds is 4. The number of nitrogens with one attached hydrogen (secondary N) is 3. The van der Waals surface area contributed by atoms with Gasteiger partial charge in [0, 0.05) is 23.5 Å². The van der Waals surface area contributed by atoms with Gasteiger partial charge in [-0.05, 0) is 49.7 Å². The number of hydrogen-bond acceptors (Lipinski definition) is 6. The number of benzene rings is 1. The van der Waals surface area contributed by atoms with E-state index in [1.165, 1.54) is 12.1 Å². The normalized spacial score (nSPS) is 13.9. The average Bonchev–Trinajstić information content (AvgIpc) is 3.55. The molecule has 5 aromatic rings. The summed E-state index contributed by atoms with van der Waals surface area (Å²) in [7, 11) is 0. The standard InChI is InChI=1S/C27H22FN7O/c28-20-3-1-2-18(11-20)23-15-31-16-24-26(23)34-27(33-24)25-19(13-32-35-25)5-4-17-10-22(14-30-12-17)36-21-6-8-29-9-7-21/h1-3,10-16,21,29H,6-9H2,(H,32,35)(H,33,34). The number of H-pyrrole nitrogens is 2. The first-order valence-electron chi connectivity index (χ1n) is 11.7. The van der Waals surface area contributed by atoms with Crippen molar-refractivity contribution in [1.82, 2.24) is 35.5 Å². The van der Waals surface area contributed by atoms with Crippen LogP contribution in [0.2, 0.25) is 0 Å². The Morgan fingerprint density at radius 1 is 0.972 bits per heavy atom. The molecule has 0 atom stereocenters. The van der Waals surface area contributed by atoms with E-state index in [0.29, 0.717) is 28.2 Å². The summed E-state index contributed by atoms with van der Waals surface area (Å²) < 4.78 is 19.9. The number of hydrogen-bond donors (Lipinski definition) is 3. The van der Waals surface area contributed by atoms with E-state index >= 15 is 0 Å². The minimum Gasteiger partial charge on any atom is -0.489 e. The summed E-state index contributed by atoms with van der Waals surface area (Å²) in [4.78, 5) is 16.6. The molecule has 6 rings (SSSR count). The van der Waals surface area contributed by atoms with Gasteiger partial charge >= 0.3 is 0 Å². The quantitative estimate of drug-likeness (QED) is 0.336. The summed E-state index contributed by atoms with van der Waals surface area (Å²) in [5.41, 5.74) is 4.93. The smallest absolute Gasteiger partial charge is 0.157 e. The van der Waals surface area contributed by atoms with Gasteiger partial charge in [-0.25, -0.2) is 9.37 Å². The summed E-state index contributed by atoms with van der Waals surface area (Å²) >= 11 is 0. The molecule has 178 valence electrons. The Morgan fingerprint density at radius 2 is 1.86 bits per heavy atom. The molecule has 9 heteroatoms. The maximum atomic E-state index is 13.8. The second-order valence-corrected chi connectivity index (χ2v) is 8.56. The van der Waals surface area contributed by atoms with E-state index in [9.17, 15) is 4.39 Å². The van der Waals surface area contributed by atoms with Crippen LogP contribution < -0.4 is 10.1 Å². The molecule has 8 nitrogen and oxygen atoms in total. The third kappa shape index (κ3) is 4.54.